The third kappa shape index (κ3) is 6.13. The van der Waals surface area contributed by atoms with Crippen LogP contribution in [-0.4, -0.2) is 55.5 Å². The minimum Gasteiger partial charge on any atom is -0.369 e. The summed E-state index contributed by atoms with van der Waals surface area (Å²) in [4.78, 5) is 19.2. The van der Waals surface area contributed by atoms with E-state index < -0.39 is 0 Å². The fourth-order valence-electron chi connectivity index (χ4n) is 2.86. The van der Waals surface area contributed by atoms with Crippen molar-refractivity contribution >= 4 is 23.2 Å². The Morgan fingerprint density at radius 2 is 2.25 bits per heavy atom. The zero-order chi connectivity index (χ0) is 17.4. The Morgan fingerprint density at radius 3 is 2.83 bits per heavy atom. The van der Waals surface area contributed by atoms with Gasteiger partial charge in [0.15, 0.2) is 5.96 Å². The molecule has 1 aromatic heterocycles. The number of rotatable bonds is 7. The van der Waals surface area contributed by atoms with Crippen molar-refractivity contribution in [2.24, 2.45) is 10.7 Å². The van der Waals surface area contributed by atoms with Crippen LogP contribution in [0.3, 0.4) is 0 Å². The fraction of sp³-hybridized carbons (Fsp3) is 0.647. The van der Waals surface area contributed by atoms with E-state index in [-0.39, 0.29) is 5.91 Å². The van der Waals surface area contributed by atoms with Gasteiger partial charge in [-0.05, 0) is 31.2 Å². The number of nitrogens with one attached hydrogen (secondary N) is 2. The van der Waals surface area contributed by atoms with Gasteiger partial charge in [0.05, 0.1) is 13.1 Å². The summed E-state index contributed by atoms with van der Waals surface area (Å²) in [5, 5.41) is 8.97. The Hall–Kier alpha value is -1.60. The number of hydrogen-bond acceptors (Lipinski definition) is 4. The molecule has 7 heteroatoms. The van der Waals surface area contributed by atoms with Gasteiger partial charge in [0, 0.05) is 36.5 Å². The summed E-state index contributed by atoms with van der Waals surface area (Å²) >= 11 is 1.78. The highest BCUT2D eigenvalue weighted by Crippen LogP contribution is 2.20. The van der Waals surface area contributed by atoms with Crippen LogP contribution in [0.15, 0.2) is 22.5 Å². The molecule has 0 aromatic carbocycles. The molecule has 1 aromatic rings. The minimum absolute atomic E-state index is 0.251. The van der Waals surface area contributed by atoms with Gasteiger partial charge in [-0.15, -0.1) is 11.3 Å². The second-order valence-electron chi connectivity index (χ2n) is 6.30. The molecule has 1 aliphatic rings. The Balaban J connectivity index is 1.82. The van der Waals surface area contributed by atoms with E-state index in [0.29, 0.717) is 18.5 Å². The Kier molecular flexibility index (Phi) is 7.52. The Labute approximate surface area is 148 Å². The van der Waals surface area contributed by atoms with Crippen LogP contribution in [0, 0.1) is 0 Å². The lowest BCUT2D eigenvalue weighted by atomic mass is 10.1. The quantitative estimate of drug-likeness (QED) is 0.512. The third-order valence-electron chi connectivity index (χ3n) is 4.20. The summed E-state index contributed by atoms with van der Waals surface area (Å²) in [6, 6.07) is 4.65. The second kappa shape index (κ2) is 9.64. The first-order chi connectivity index (χ1) is 11.6. The number of amides is 1. The molecule has 0 saturated carbocycles. The van der Waals surface area contributed by atoms with Gasteiger partial charge in [-0.2, -0.15) is 0 Å². The van der Waals surface area contributed by atoms with E-state index in [2.05, 4.69) is 46.9 Å². The largest absolute Gasteiger partial charge is 0.369 e. The molecule has 1 fully saturated rings. The fourth-order valence-corrected chi connectivity index (χ4v) is 3.64. The highest BCUT2D eigenvalue weighted by atomic mass is 32.1. The summed E-state index contributed by atoms with van der Waals surface area (Å²) in [6.45, 7) is 8.06. The summed E-state index contributed by atoms with van der Waals surface area (Å²) in [7, 11) is 0. The zero-order valence-corrected chi connectivity index (χ0v) is 15.4. The van der Waals surface area contributed by atoms with Gasteiger partial charge in [0.25, 0.3) is 0 Å². The molecule has 24 heavy (non-hydrogen) atoms. The minimum atomic E-state index is -0.251. The van der Waals surface area contributed by atoms with Crippen molar-refractivity contribution in [1.82, 2.24) is 15.5 Å². The number of thiophene rings is 1. The number of nitrogens with zero attached hydrogens (tertiary/aromatic N) is 2. The van der Waals surface area contributed by atoms with Gasteiger partial charge >= 0.3 is 0 Å². The zero-order valence-electron chi connectivity index (χ0n) is 14.6. The van der Waals surface area contributed by atoms with Crippen molar-refractivity contribution in [2.75, 3.05) is 32.7 Å². The number of carbonyl (C=O) groups is 1. The van der Waals surface area contributed by atoms with E-state index in [1.54, 1.807) is 11.3 Å². The molecule has 2 heterocycles. The highest BCUT2D eigenvalue weighted by Gasteiger charge is 2.20. The van der Waals surface area contributed by atoms with Gasteiger partial charge in [-0.1, -0.05) is 13.0 Å². The lowest BCUT2D eigenvalue weighted by Gasteiger charge is -2.32. The first-order valence-electron chi connectivity index (χ1n) is 8.67. The summed E-state index contributed by atoms with van der Waals surface area (Å²) in [5.74, 6) is 1.06. The molecule has 6 nitrogen and oxygen atoms in total. The standard InChI is InChI=1S/C17H29N5OS/c1-3-19-17(20-11-13(2)15-5-4-10-24-15)21-14-6-8-22(9-7-14)12-16(18)23/h4-5,10,13-14H,3,6-9,11-12H2,1-2H3,(H2,18,23)(H2,19,20,21). The van der Waals surface area contributed by atoms with E-state index in [1.165, 1.54) is 4.88 Å². The normalized spacial score (nSPS) is 18.3. The molecule has 1 aliphatic heterocycles. The molecule has 1 atom stereocenters. The molecule has 1 amide bonds. The number of carbonyl (C=O) groups excluding carboxylic acids is 1. The third-order valence-corrected chi connectivity index (χ3v) is 5.31. The maximum Gasteiger partial charge on any atom is 0.231 e. The maximum absolute atomic E-state index is 11.0. The van der Waals surface area contributed by atoms with Gasteiger partial charge in [-0.3, -0.25) is 14.7 Å². The molecule has 0 bridgehead atoms. The van der Waals surface area contributed by atoms with Gasteiger partial charge < -0.3 is 16.4 Å². The first-order valence-corrected chi connectivity index (χ1v) is 9.55. The lowest BCUT2D eigenvalue weighted by Crippen LogP contribution is -2.49. The van der Waals surface area contributed by atoms with E-state index in [9.17, 15) is 4.79 Å². The van der Waals surface area contributed by atoms with Crippen molar-refractivity contribution < 1.29 is 4.79 Å². The molecular weight excluding hydrogens is 322 g/mol. The molecule has 0 spiro atoms. The number of hydrogen-bond donors (Lipinski definition) is 3. The molecule has 0 aliphatic carbocycles. The van der Waals surface area contributed by atoms with Gasteiger partial charge in [-0.25, -0.2) is 0 Å². The predicted molar refractivity (Wildman–Crippen MR) is 101 cm³/mol. The molecule has 0 radical (unpaired) electrons. The first kappa shape index (κ1) is 18.7. The van der Waals surface area contributed by atoms with Crippen LogP contribution in [-0.2, 0) is 4.79 Å². The molecule has 2 rings (SSSR count). The summed E-state index contributed by atoms with van der Waals surface area (Å²) < 4.78 is 0. The van der Waals surface area contributed by atoms with Crippen molar-refractivity contribution in [3.05, 3.63) is 22.4 Å². The number of guanidine groups is 1. The smallest absolute Gasteiger partial charge is 0.231 e. The van der Waals surface area contributed by atoms with Crippen molar-refractivity contribution in [3.8, 4) is 0 Å². The predicted octanol–water partition coefficient (Wildman–Crippen LogP) is 1.36. The molecule has 134 valence electrons. The average molecular weight is 352 g/mol. The second-order valence-corrected chi connectivity index (χ2v) is 7.28. The summed E-state index contributed by atoms with van der Waals surface area (Å²) in [5.41, 5.74) is 5.26. The van der Waals surface area contributed by atoms with Crippen molar-refractivity contribution in [2.45, 2.75) is 38.6 Å². The van der Waals surface area contributed by atoms with Crippen molar-refractivity contribution in [3.63, 3.8) is 0 Å². The maximum atomic E-state index is 11.0. The van der Waals surface area contributed by atoms with Crippen LogP contribution in [0.5, 0.6) is 0 Å². The average Bonchev–Trinajstić information content (AvgIpc) is 3.08. The highest BCUT2D eigenvalue weighted by molar-refractivity contribution is 7.10. The SMILES string of the molecule is CCNC(=NCC(C)c1cccs1)NC1CCN(CC(N)=O)CC1. The van der Waals surface area contributed by atoms with E-state index in [1.807, 2.05) is 0 Å². The van der Waals surface area contributed by atoms with E-state index in [0.717, 1.165) is 45.0 Å². The van der Waals surface area contributed by atoms with E-state index >= 15 is 0 Å². The summed E-state index contributed by atoms with van der Waals surface area (Å²) in [6.07, 6.45) is 2.00. The number of primary amides is 1. The lowest BCUT2D eigenvalue weighted by molar-refractivity contribution is -0.119. The molecule has 1 unspecified atom stereocenters. The number of nitrogens with two attached hydrogens (primary N) is 1. The van der Waals surface area contributed by atoms with Crippen LogP contribution in [0.1, 0.15) is 37.5 Å². The number of aliphatic imine (C=N–C) groups is 1. The Bertz CT molecular complexity index is 523. The van der Waals surface area contributed by atoms with Crippen LogP contribution in [0.2, 0.25) is 0 Å². The van der Waals surface area contributed by atoms with Crippen LogP contribution < -0.4 is 16.4 Å². The monoisotopic (exact) mass is 351 g/mol. The number of likely N-dealkylation sites (tertiary alicyclic amines) is 1. The molecule has 1 saturated heterocycles. The molecule has 4 N–H and O–H groups in total. The van der Waals surface area contributed by atoms with Gasteiger partial charge in [0.2, 0.25) is 5.91 Å². The van der Waals surface area contributed by atoms with Crippen molar-refractivity contribution in [1.29, 1.82) is 0 Å². The van der Waals surface area contributed by atoms with Crippen LogP contribution >= 0.6 is 11.3 Å². The van der Waals surface area contributed by atoms with E-state index in [4.69, 9.17) is 10.7 Å². The van der Waals surface area contributed by atoms with Crippen LogP contribution in [0.4, 0.5) is 0 Å². The van der Waals surface area contributed by atoms with Gasteiger partial charge in [0.1, 0.15) is 0 Å². The molecular formula is C17H29N5OS. The Morgan fingerprint density at radius 1 is 1.50 bits per heavy atom. The number of piperidine rings is 1. The topological polar surface area (TPSA) is 82.8 Å². The van der Waals surface area contributed by atoms with Crippen LogP contribution in [0.25, 0.3) is 0 Å².